The van der Waals surface area contributed by atoms with E-state index in [4.69, 9.17) is 0 Å². The Hall–Kier alpha value is -1.84. The molecule has 85 valence electrons. The van der Waals surface area contributed by atoms with Gasteiger partial charge in [0.25, 0.3) is 0 Å². The van der Waals surface area contributed by atoms with Crippen LogP contribution in [0.3, 0.4) is 0 Å². The van der Waals surface area contributed by atoms with Crippen molar-refractivity contribution in [2.24, 2.45) is 0 Å². The average molecular weight is 221 g/mol. The number of carbonyl (C=O) groups excluding carboxylic acids is 2. The fourth-order valence-electron chi connectivity index (χ4n) is 1.23. The van der Waals surface area contributed by atoms with E-state index in [2.05, 4.69) is 15.5 Å². The van der Waals surface area contributed by atoms with Gasteiger partial charge in [0.05, 0.1) is 27.1 Å². The Morgan fingerprint density at radius 3 is 1.88 bits per heavy atom. The first kappa shape index (κ1) is 12.2. The van der Waals surface area contributed by atoms with Gasteiger partial charge in [0.15, 0.2) is 0 Å². The Morgan fingerprint density at radius 2 is 1.50 bits per heavy atom. The predicted molar refractivity (Wildman–Crippen MR) is 56.7 cm³/mol. The van der Waals surface area contributed by atoms with Gasteiger partial charge in [-0.05, 0) is 17.2 Å². The molecule has 0 aliphatic rings. The van der Waals surface area contributed by atoms with Crippen molar-refractivity contribution in [3.05, 3.63) is 35.4 Å². The molecule has 0 bridgehead atoms. The Balaban J connectivity index is 2.71. The third kappa shape index (κ3) is 3.73. The third-order valence-electron chi connectivity index (χ3n) is 2.04. The highest BCUT2D eigenvalue weighted by Crippen LogP contribution is 2.07. The molecule has 4 heteroatoms. The summed E-state index contributed by atoms with van der Waals surface area (Å²) in [5.74, 6) is -0.655. The van der Waals surface area contributed by atoms with Crippen LogP contribution < -0.4 is 0 Å². The Bertz CT molecular complexity index is 351. The fourth-order valence-corrected chi connectivity index (χ4v) is 1.23. The lowest BCUT2D eigenvalue weighted by Gasteiger charge is -2.03. The summed E-state index contributed by atoms with van der Waals surface area (Å²) < 4.78 is 9.09. The molecule has 0 aliphatic heterocycles. The van der Waals surface area contributed by atoms with Gasteiger partial charge in [-0.1, -0.05) is 18.2 Å². The number of rotatable bonds is 4. The lowest BCUT2D eigenvalue weighted by atomic mass is 10.1. The Labute approximate surface area is 94.2 Å². The van der Waals surface area contributed by atoms with Gasteiger partial charge in [-0.15, -0.1) is 0 Å². The molecule has 0 saturated heterocycles. The molecule has 1 aromatic rings. The van der Waals surface area contributed by atoms with Crippen LogP contribution in [0, 0.1) is 6.07 Å². The number of ether oxygens (including phenoxy) is 2. The van der Waals surface area contributed by atoms with Crippen LogP contribution in [0.4, 0.5) is 0 Å². The first-order valence-corrected chi connectivity index (χ1v) is 4.79. The molecule has 0 saturated carbocycles. The van der Waals surface area contributed by atoms with Crippen molar-refractivity contribution in [3.8, 4) is 0 Å². The Morgan fingerprint density at radius 1 is 1.06 bits per heavy atom. The number of hydrogen-bond acceptors (Lipinski definition) is 4. The summed E-state index contributed by atoms with van der Waals surface area (Å²) in [5, 5.41) is 0. The minimum Gasteiger partial charge on any atom is -0.469 e. The number of hydrogen-bond donors (Lipinski definition) is 0. The Kier molecular flexibility index (Phi) is 4.51. The fraction of sp³-hybridized carbons (Fsp3) is 0.333. The quantitative estimate of drug-likeness (QED) is 0.709. The van der Waals surface area contributed by atoms with E-state index in [0.29, 0.717) is 11.1 Å². The predicted octanol–water partition coefficient (Wildman–Crippen LogP) is 0.918. The summed E-state index contributed by atoms with van der Waals surface area (Å²) in [6.45, 7) is 0. The highest BCUT2D eigenvalue weighted by atomic mass is 16.5. The topological polar surface area (TPSA) is 52.6 Å². The maximum Gasteiger partial charge on any atom is 0.309 e. The number of carbonyl (C=O) groups is 2. The first-order valence-electron chi connectivity index (χ1n) is 4.79. The lowest BCUT2D eigenvalue weighted by molar-refractivity contribution is -0.140. The standard InChI is InChI=1S/C12H13O4/c1-15-11(13)7-9-4-3-5-10(6-9)8-12(14)16-2/h3-5H,7-8H2,1-2H3. The van der Waals surface area contributed by atoms with Gasteiger partial charge in [0, 0.05) is 0 Å². The molecule has 1 rings (SSSR count). The largest absolute Gasteiger partial charge is 0.469 e. The molecule has 16 heavy (non-hydrogen) atoms. The summed E-state index contributed by atoms with van der Waals surface area (Å²) in [4.78, 5) is 22.1. The van der Waals surface area contributed by atoms with Crippen LogP contribution in [0.1, 0.15) is 11.1 Å². The molecular formula is C12H13O4. The average Bonchev–Trinajstić information content (AvgIpc) is 2.29. The van der Waals surface area contributed by atoms with Gasteiger partial charge in [-0.3, -0.25) is 9.59 Å². The van der Waals surface area contributed by atoms with Crippen LogP contribution >= 0.6 is 0 Å². The molecule has 0 N–H and O–H groups in total. The monoisotopic (exact) mass is 221 g/mol. The van der Waals surface area contributed by atoms with Gasteiger partial charge in [0.2, 0.25) is 0 Å². The summed E-state index contributed by atoms with van der Waals surface area (Å²) >= 11 is 0. The molecule has 0 spiro atoms. The summed E-state index contributed by atoms with van der Waals surface area (Å²) in [7, 11) is 2.67. The molecule has 0 aromatic heterocycles. The van der Waals surface area contributed by atoms with E-state index < -0.39 is 0 Å². The van der Waals surface area contributed by atoms with Crippen LogP contribution in [0.2, 0.25) is 0 Å². The minimum atomic E-state index is -0.327. The van der Waals surface area contributed by atoms with Crippen LogP contribution in [-0.2, 0) is 31.9 Å². The smallest absolute Gasteiger partial charge is 0.309 e. The van der Waals surface area contributed by atoms with Crippen molar-refractivity contribution in [2.75, 3.05) is 14.2 Å². The van der Waals surface area contributed by atoms with Crippen molar-refractivity contribution < 1.29 is 19.1 Å². The zero-order valence-electron chi connectivity index (χ0n) is 9.28. The molecule has 0 atom stereocenters. The van der Waals surface area contributed by atoms with Crippen molar-refractivity contribution >= 4 is 11.9 Å². The summed E-state index contributed by atoms with van der Waals surface area (Å²) in [6, 6.07) is 8.27. The van der Waals surface area contributed by atoms with Crippen LogP contribution in [0.15, 0.2) is 18.2 Å². The normalized spacial score (nSPS) is 9.62. The zero-order chi connectivity index (χ0) is 12.0. The van der Waals surface area contributed by atoms with Gasteiger partial charge < -0.3 is 9.47 Å². The lowest BCUT2D eigenvalue weighted by Crippen LogP contribution is -2.07. The third-order valence-corrected chi connectivity index (χ3v) is 2.04. The number of esters is 2. The molecule has 4 nitrogen and oxygen atoms in total. The molecule has 0 heterocycles. The summed E-state index contributed by atoms with van der Waals surface area (Å²) in [5.41, 5.74) is 1.40. The van der Waals surface area contributed by atoms with E-state index in [1.165, 1.54) is 14.2 Å². The van der Waals surface area contributed by atoms with E-state index >= 15 is 0 Å². The van der Waals surface area contributed by atoms with Gasteiger partial charge >= 0.3 is 11.9 Å². The van der Waals surface area contributed by atoms with Gasteiger partial charge in [-0.2, -0.15) is 0 Å². The maximum atomic E-state index is 11.0. The van der Waals surface area contributed by atoms with E-state index in [1.807, 2.05) is 0 Å². The maximum absolute atomic E-state index is 11.0. The van der Waals surface area contributed by atoms with Crippen LogP contribution in [0.5, 0.6) is 0 Å². The highest BCUT2D eigenvalue weighted by molar-refractivity contribution is 5.74. The van der Waals surface area contributed by atoms with E-state index in [0.717, 1.165) is 0 Å². The second-order valence-electron chi connectivity index (χ2n) is 3.21. The molecule has 1 aromatic carbocycles. The first-order chi connectivity index (χ1) is 7.65. The SMILES string of the molecule is COC(=O)Cc1[c]c(CC(=O)OC)ccc1. The van der Waals surface area contributed by atoms with Gasteiger partial charge in [-0.25, -0.2) is 0 Å². The second-order valence-corrected chi connectivity index (χ2v) is 3.21. The molecule has 0 aliphatic carbocycles. The van der Waals surface area contributed by atoms with Crippen molar-refractivity contribution in [1.29, 1.82) is 0 Å². The van der Waals surface area contributed by atoms with E-state index in [1.54, 1.807) is 18.2 Å². The molecule has 0 fully saturated rings. The number of methoxy groups -OCH3 is 2. The number of benzene rings is 1. The molecule has 1 radical (unpaired) electrons. The zero-order valence-corrected chi connectivity index (χ0v) is 9.28. The van der Waals surface area contributed by atoms with Crippen LogP contribution in [0.25, 0.3) is 0 Å². The van der Waals surface area contributed by atoms with Gasteiger partial charge in [0.1, 0.15) is 0 Å². The van der Waals surface area contributed by atoms with E-state index in [9.17, 15) is 9.59 Å². The van der Waals surface area contributed by atoms with Crippen molar-refractivity contribution in [1.82, 2.24) is 0 Å². The highest BCUT2D eigenvalue weighted by Gasteiger charge is 2.06. The van der Waals surface area contributed by atoms with E-state index in [-0.39, 0.29) is 24.8 Å². The van der Waals surface area contributed by atoms with Crippen molar-refractivity contribution in [3.63, 3.8) is 0 Å². The van der Waals surface area contributed by atoms with Crippen LogP contribution in [-0.4, -0.2) is 26.2 Å². The summed E-state index contributed by atoms with van der Waals surface area (Å²) in [6.07, 6.45) is 0.316. The molecule has 0 amide bonds. The second kappa shape index (κ2) is 5.90. The van der Waals surface area contributed by atoms with Crippen molar-refractivity contribution in [2.45, 2.75) is 12.8 Å². The molecule has 0 unspecified atom stereocenters. The molecular weight excluding hydrogens is 208 g/mol. The minimum absolute atomic E-state index is 0.158.